The molecule has 1 saturated carbocycles. The van der Waals surface area contributed by atoms with E-state index in [2.05, 4.69) is 0 Å². The number of Topliss-reactive ketones (excluding diaryl/α,β-unsaturated/α-hetero) is 1. The Labute approximate surface area is 129 Å². The minimum Gasteiger partial charge on any atom is -0.293 e. The van der Waals surface area contributed by atoms with Gasteiger partial charge in [-0.25, -0.2) is 8.42 Å². The van der Waals surface area contributed by atoms with Gasteiger partial charge >= 0.3 is 0 Å². The third-order valence-corrected chi connectivity index (χ3v) is 6.32. The van der Waals surface area contributed by atoms with Gasteiger partial charge in [-0.05, 0) is 31.0 Å². The molecule has 2 rings (SSSR count). The number of sulfone groups is 1. The number of benzene rings is 1. The van der Waals surface area contributed by atoms with Gasteiger partial charge in [-0.2, -0.15) is 0 Å². The highest BCUT2D eigenvalue weighted by Gasteiger charge is 2.30. The lowest BCUT2D eigenvalue weighted by Gasteiger charge is -2.21. The van der Waals surface area contributed by atoms with E-state index in [0.717, 1.165) is 19.3 Å². The van der Waals surface area contributed by atoms with Gasteiger partial charge in [0.1, 0.15) is 5.75 Å². The van der Waals surface area contributed by atoms with Crippen LogP contribution in [0.4, 0.5) is 0 Å². The third-order valence-electron chi connectivity index (χ3n) is 3.62. The standard InChI is InChI=1S/C14H16Cl2O3S/c15-10-6-7-12(13(16)8-10)14(17)9-20(18,19)11-4-2-1-3-5-11/h6-8,11H,1-5,9H2. The van der Waals surface area contributed by atoms with Gasteiger partial charge in [-0.15, -0.1) is 0 Å². The first-order chi connectivity index (χ1) is 9.40. The van der Waals surface area contributed by atoms with Crippen LogP contribution in [0.15, 0.2) is 18.2 Å². The summed E-state index contributed by atoms with van der Waals surface area (Å²) in [5.41, 5.74) is 0.218. The molecule has 0 atom stereocenters. The first kappa shape index (κ1) is 15.8. The maximum atomic E-state index is 12.3. The summed E-state index contributed by atoms with van der Waals surface area (Å²) in [5.74, 6) is -0.934. The lowest BCUT2D eigenvalue weighted by Crippen LogP contribution is -2.29. The molecule has 110 valence electrons. The molecule has 0 radical (unpaired) electrons. The predicted octanol–water partition coefficient (Wildman–Crippen LogP) is 3.92. The second kappa shape index (κ2) is 6.46. The largest absolute Gasteiger partial charge is 0.293 e. The van der Waals surface area contributed by atoms with Crippen molar-refractivity contribution in [1.29, 1.82) is 0 Å². The molecular formula is C14H16Cl2O3S. The molecule has 0 amide bonds. The average molecular weight is 335 g/mol. The number of hydrogen-bond acceptors (Lipinski definition) is 3. The van der Waals surface area contributed by atoms with Gasteiger partial charge in [-0.3, -0.25) is 4.79 Å². The fourth-order valence-corrected chi connectivity index (χ4v) is 4.84. The van der Waals surface area contributed by atoms with Crippen molar-refractivity contribution in [3.63, 3.8) is 0 Å². The molecule has 1 fully saturated rings. The van der Waals surface area contributed by atoms with Crippen molar-refractivity contribution in [3.8, 4) is 0 Å². The van der Waals surface area contributed by atoms with Crippen LogP contribution >= 0.6 is 23.2 Å². The number of halogens is 2. The van der Waals surface area contributed by atoms with E-state index in [9.17, 15) is 13.2 Å². The molecule has 0 heterocycles. The monoisotopic (exact) mass is 334 g/mol. The average Bonchev–Trinajstić information content (AvgIpc) is 2.39. The molecule has 3 nitrogen and oxygen atoms in total. The third kappa shape index (κ3) is 3.74. The minimum absolute atomic E-state index is 0.196. The van der Waals surface area contributed by atoms with Gasteiger partial charge in [-0.1, -0.05) is 42.5 Å². The van der Waals surface area contributed by atoms with Crippen LogP contribution in [-0.4, -0.2) is 25.2 Å². The second-order valence-electron chi connectivity index (χ2n) is 5.11. The number of hydrogen-bond donors (Lipinski definition) is 0. The van der Waals surface area contributed by atoms with E-state index in [4.69, 9.17) is 23.2 Å². The quantitative estimate of drug-likeness (QED) is 0.784. The van der Waals surface area contributed by atoms with Crippen LogP contribution in [0, 0.1) is 0 Å². The number of carbonyl (C=O) groups excluding carboxylic acids is 1. The Kier molecular flexibility index (Phi) is 5.10. The molecule has 0 spiro atoms. The summed E-state index contributed by atoms with van der Waals surface area (Å²) >= 11 is 11.7. The van der Waals surface area contributed by atoms with Crippen molar-refractivity contribution in [2.24, 2.45) is 0 Å². The smallest absolute Gasteiger partial charge is 0.179 e. The molecule has 6 heteroatoms. The van der Waals surface area contributed by atoms with E-state index in [1.807, 2.05) is 0 Å². The molecule has 0 bridgehead atoms. The van der Waals surface area contributed by atoms with Crippen LogP contribution in [0.2, 0.25) is 10.0 Å². The zero-order valence-corrected chi connectivity index (χ0v) is 13.3. The summed E-state index contributed by atoms with van der Waals surface area (Å²) in [6.45, 7) is 0. The fraction of sp³-hybridized carbons (Fsp3) is 0.500. The molecule has 0 unspecified atom stereocenters. The van der Waals surface area contributed by atoms with E-state index in [-0.39, 0.29) is 15.8 Å². The lowest BCUT2D eigenvalue weighted by molar-refractivity contribution is 0.102. The van der Waals surface area contributed by atoms with Gasteiger partial charge in [0.25, 0.3) is 0 Å². The molecule has 1 aliphatic rings. The van der Waals surface area contributed by atoms with Crippen molar-refractivity contribution in [2.45, 2.75) is 37.4 Å². The van der Waals surface area contributed by atoms with Crippen molar-refractivity contribution in [2.75, 3.05) is 5.75 Å². The highest BCUT2D eigenvalue weighted by atomic mass is 35.5. The Hall–Kier alpha value is -0.580. The molecule has 0 saturated heterocycles. The predicted molar refractivity (Wildman–Crippen MR) is 81.5 cm³/mol. The summed E-state index contributed by atoms with van der Waals surface area (Å²) in [6.07, 6.45) is 4.22. The maximum absolute atomic E-state index is 12.3. The van der Waals surface area contributed by atoms with Crippen LogP contribution in [-0.2, 0) is 9.84 Å². The molecule has 20 heavy (non-hydrogen) atoms. The van der Waals surface area contributed by atoms with Gasteiger partial charge in [0.05, 0.1) is 10.3 Å². The summed E-state index contributed by atoms with van der Waals surface area (Å²) in [5, 5.41) is 0.231. The molecule has 0 N–H and O–H groups in total. The van der Waals surface area contributed by atoms with Crippen LogP contribution in [0.3, 0.4) is 0 Å². The first-order valence-electron chi connectivity index (χ1n) is 6.60. The molecule has 1 aromatic carbocycles. The Balaban J connectivity index is 2.14. The van der Waals surface area contributed by atoms with Gasteiger partial charge in [0.15, 0.2) is 15.6 Å². The zero-order chi connectivity index (χ0) is 14.8. The number of carbonyl (C=O) groups is 1. The van der Waals surface area contributed by atoms with E-state index in [1.54, 1.807) is 0 Å². The van der Waals surface area contributed by atoms with Crippen LogP contribution in [0.25, 0.3) is 0 Å². The molecule has 0 aromatic heterocycles. The van der Waals surface area contributed by atoms with Crippen molar-refractivity contribution in [3.05, 3.63) is 33.8 Å². The zero-order valence-electron chi connectivity index (χ0n) is 10.9. The highest BCUT2D eigenvalue weighted by Crippen LogP contribution is 2.26. The lowest BCUT2D eigenvalue weighted by atomic mass is 10.0. The van der Waals surface area contributed by atoms with Crippen molar-refractivity contribution in [1.82, 2.24) is 0 Å². The minimum atomic E-state index is -3.40. The van der Waals surface area contributed by atoms with Gasteiger partial charge < -0.3 is 0 Å². The fourth-order valence-electron chi connectivity index (χ4n) is 2.52. The molecule has 0 aliphatic heterocycles. The Bertz CT molecular complexity index is 605. The normalized spacial score (nSPS) is 17.1. The Morgan fingerprint density at radius 3 is 2.40 bits per heavy atom. The highest BCUT2D eigenvalue weighted by molar-refractivity contribution is 7.92. The molecule has 1 aromatic rings. The summed E-state index contributed by atoms with van der Waals surface area (Å²) in [7, 11) is -3.40. The van der Waals surface area contributed by atoms with E-state index in [0.29, 0.717) is 17.9 Å². The topological polar surface area (TPSA) is 51.2 Å². The Morgan fingerprint density at radius 2 is 1.80 bits per heavy atom. The van der Waals surface area contributed by atoms with Gasteiger partial charge in [0.2, 0.25) is 0 Å². The van der Waals surface area contributed by atoms with Crippen molar-refractivity contribution < 1.29 is 13.2 Å². The van der Waals surface area contributed by atoms with Crippen LogP contribution in [0.5, 0.6) is 0 Å². The molecular weight excluding hydrogens is 319 g/mol. The van der Waals surface area contributed by atoms with E-state index >= 15 is 0 Å². The first-order valence-corrected chi connectivity index (χ1v) is 9.07. The van der Waals surface area contributed by atoms with E-state index < -0.39 is 21.4 Å². The molecule has 1 aliphatic carbocycles. The summed E-state index contributed by atoms with van der Waals surface area (Å²) in [4.78, 5) is 12.1. The number of rotatable bonds is 4. The Morgan fingerprint density at radius 1 is 1.15 bits per heavy atom. The number of ketones is 1. The summed E-state index contributed by atoms with van der Waals surface area (Å²) < 4.78 is 24.5. The summed E-state index contributed by atoms with van der Waals surface area (Å²) in [6, 6.07) is 4.46. The van der Waals surface area contributed by atoms with Crippen LogP contribution < -0.4 is 0 Å². The second-order valence-corrected chi connectivity index (χ2v) is 8.24. The SMILES string of the molecule is O=C(CS(=O)(=O)C1CCCCC1)c1ccc(Cl)cc1Cl. The maximum Gasteiger partial charge on any atom is 0.179 e. The van der Waals surface area contributed by atoms with Crippen molar-refractivity contribution >= 4 is 38.8 Å². The van der Waals surface area contributed by atoms with Gasteiger partial charge in [0, 0.05) is 10.6 Å². The van der Waals surface area contributed by atoms with E-state index in [1.165, 1.54) is 18.2 Å². The van der Waals surface area contributed by atoms with Crippen LogP contribution in [0.1, 0.15) is 42.5 Å².